The maximum absolute atomic E-state index is 13.8. The number of alkyl halides is 3. The first-order valence-corrected chi connectivity index (χ1v) is 8.26. The summed E-state index contributed by atoms with van der Waals surface area (Å²) in [6.45, 7) is 1.42. The molecule has 1 fully saturated rings. The molecule has 138 valence electrons. The smallest absolute Gasteiger partial charge is 0.338 e. The minimum atomic E-state index is -4.50. The fraction of sp³-hybridized carbons (Fsp3) is 0.316. The number of carbonyl (C=O) groups excluding carboxylic acids is 1. The van der Waals surface area contributed by atoms with Gasteiger partial charge in [-0.05, 0) is 54.3 Å². The van der Waals surface area contributed by atoms with Gasteiger partial charge in [0.05, 0.1) is 11.1 Å². The second-order valence-electron chi connectivity index (χ2n) is 6.41. The molecular weight excluding hydrogens is 348 g/mol. The molecule has 0 aromatic heterocycles. The summed E-state index contributed by atoms with van der Waals surface area (Å²) in [6, 6.07) is 8.24. The summed E-state index contributed by atoms with van der Waals surface area (Å²) in [5.74, 6) is -0.823. The van der Waals surface area contributed by atoms with Gasteiger partial charge in [0.1, 0.15) is 5.82 Å². The van der Waals surface area contributed by atoms with E-state index in [4.69, 9.17) is 5.73 Å². The van der Waals surface area contributed by atoms with E-state index < -0.39 is 23.5 Å². The van der Waals surface area contributed by atoms with Crippen LogP contribution in [0.25, 0.3) is 11.1 Å². The Morgan fingerprint density at radius 3 is 2.62 bits per heavy atom. The van der Waals surface area contributed by atoms with Crippen LogP contribution in [0, 0.1) is 11.7 Å². The van der Waals surface area contributed by atoms with Crippen molar-refractivity contribution in [2.45, 2.75) is 12.6 Å². The predicted molar refractivity (Wildman–Crippen MR) is 89.9 cm³/mol. The van der Waals surface area contributed by atoms with Crippen LogP contribution in [-0.4, -0.2) is 30.4 Å². The van der Waals surface area contributed by atoms with E-state index in [2.05, 4.69) is 0 Å². The molecular formula is C19H18F4N2O. The monoisotopic (exact) mass is 366 g/mol. The summed E-state index contributed by atoms with van der Waals surface area (Å²) >= 11 is 0. The molecule has 3 rings (SSSR count). The van der Waals surface area contributed by atoms with Gasteiger partial charge in [0, 0.05) is 13.1 Å². The van der Waals surface area contributed by atoms with Crippen molar-refractivity contribution in [2.24, 2.45) is 11.7 Å². The van der Waals surface area contributed by atoms with Gasteiger partial charge in [0.2, 0.25) is 0 Å². The Hall–Kier alpha value is -2.41. The highest BCUT2D eigenvalue weighted by Gasteiger charge is 2.31. The van der Waals surface area contributed by atoms with E-state index in [1.165, 1.54) is 18.2 Å². The third-order valence-corrected chi connectivity index (χ3v) is 4.62. The molecule has 0 bridgehead atoms. The minimum Gasteiger partial charge on any atom is -0.338 e. The van der Waals surface area contributed by atoms with E-state index in [9.17, 15) is 22.4 Å². The molecule has 0 radical (unpaired) electrons. The number of nitrogens with zero attached hydrogens (tertiary/aromatic N) is 1. The van der Waals surface area contributed by atoms with Gasteiger partial charge in [-0.15, -0.1) is 0 Å². The molecule has 7 heteroatoms. The highest BCUT2D eigenvalue weighted by atomic mass is 19.4. The summed E-state index contributed by atoms with van der Waals surface area (Å²) < 4.78 is 52.7. The van der Waals surface area contributed by atoms with Crippen LogP contribution in [0.2, 0.25) is 0 Å². The van der Waals surface area contributed by atoms with Crippen LogP contribution in [0.3, 0.4) is 0 Å². The average molecular weight is 366 g/mol. The third-order valence-electron chi connectivity index (χ3n) is 4.62. The molecule has 1 heterocycles. The van der Waals surface area contributed by atoms with Crippen molar-refractivity contribution < 1.29 is 22.4 Å². The predicted octanol–water partition coefficient (Wildman–Crippen LogP) is 3.93. The lowest BCUT2D eigenvalue weighted by Crippen LogP contribution is -2.30. The van der Waals surface area contributed by atoms with Crippen LogP contribution in [0.5, 0.6) is 0 Å². The van der Waals surface area contributed by atoms with Gasteiger partial charge < -0.3 is 10.6 Å². The van der Waals surface area contributed by atoms with Gasteiger partial charge in [0.25, 0.3) is 5.91 Å². The van der Waals surface area contributed by atoms with Gasteiger partial charge in [0.15, 0.2) is 0 Å². The Bertz CT molecular complexity index is 819. The topological polar surface area (TPSA) is 46.3 Å². The van der Waals surface area contributed by atoms with Crippen LogP contribution >= 0.6 is 0 Å². The molecule has 0 unspecified atom stereocenters. The fourth-order valence-corrected chi connectivity index (χ4v) is 3.19. The number of carbonyl (C=O) groups is 1. The quantitative estimate of drug-likeness (QED) is 0.837. The van der Waals surface area contributed by atoms with Gasteiger partial charge in [-0.3, -0.25) is 4.79 Å². The molecule has 1 aliphatic rings. The molecule has 2 aromatic rings. The van der Waals surface area contributed by atoms with Crippen LogP contribution in [0.1, 0.15) is 22.3 Å². The van der Waals surface area contributed by atoms with Crippen LogP contribution in [0.4, 0.5) is 17.6 Å². The first-order valence-electron chi connectivity index (χ1n) is 8.26. The normalized spacial score (nSPS) is 17.6. The summed E-state index contributed by atoms with van der Waals surface area (Å²) in [6.07, 6.45) is -3.74. The number of rotatable bonds is 3. The Morgan fingerprint density at radius 2 is 1.96 bits per heavy atom. The highest BCUT2D eigenvalue weighted by Crippen LogP contribution is 2.34. The second kappa shape index (κ2) is 7.07. The lowest BCUT2D eigenvalue weighted by Gasteiger charge is -2.19. The van der Waals surface area contributed by atoms with Crippen LogP contribution in [-0.2, 0) is 6.18 Å². The fourth-order valence-electron chi connectivity index (χ4n) is 3.19. The van der Waals surface area contributed by atoms with Crippen molar-refractivity contribution in [3.8, 4) is 11.1 Å². The molecule has 0 saturated carbocycles. The van der Waals surface area contributed by atoms with Crippen LogP contribution in [0.15, 0.2) is 42.5 Å². The van der Waals surface area contributed by atoms with Crippen molar-refractivity contribution >= 4 is 5.91 Å². The number of amides is 1. The molecule has 2 N–H and O–H groups in total. The lowest BCUT2D eigenvalue weighted by atomic mass is 9.97. The van der Waals surface area contributed by atoms with E-state index >= 15 is 0 Å². The number of halogens is 4. The summed E-state index contributed by atoms with van der Waals surface area (Å²) in [5.41, 5.74) is 5.37. The molecule has 1 atom stereocenters. The Kier molecular flexibility index (Phi) is 5.00. The van der Waals surface area contributed by atoms with E-state index in [0.29, 0.717) is 19.6 Å². The molecule has 26 heavy (non-hydrogen) atoms. The number of likely N-dealkylation sites (tertiary alicyclic amines) is 1. The van der Waals surface area contributed by atoms with Crippen LogP contribution < -0.4 is 5.73 Å². The van der Waals surface area contributed by atoms with E-state index in [1.807, 2.05) is 0 Å². The summed E-state index contributed by atoms with van der Waals surface area (Å²) in [5, 5.41) is 0. The number of nitrogens with two attached hydrogens (primary N) is 1. The van der Waals surface area contributed by atoms with Gasteiger partial charge in [-0.25, -0.2) is 4.39 Å². The summed E-state index contributed by atoms with van der Waals surface area (Å²) in [7, 11) is 0. The van der Waals surface area contributed by atoms with Crippen molar-refractivity contribution in [1.29, 1.82) is 0 Å². The summed E-state index contributed by atoms with van der Waals surface area (Å²) in [4.78, 5) is 14.4. The van der Waals surface area contributed by atoms with Crippen molar-refractivity contribution in [2.75, 3.05) is 19.6 Å². The van der Waals surface area contributed by atoms with Gasteiger partial charge in [-0.2, -0.15) is 13.2 Å². The van der Waals surface area contributed by atoms with E-state index in [1.54, 1.807) is 4.90 Å². The van der Waals surface area contributed by atoms with Crippen molar-refractivity contribution in [1.82, 2.24) is 4.90 Å². The van der Waals surface area contributed by atoms with E-state index in [0.717, 1.165) is 30.7 Å². The zero-order chi connectivity index (χ0) is 18.9. The lowest BCUT2D eigenvalue weighted by molar-refractivity contribution is -0.137. The minimum absolute atomic E-state index is 0.0574. The standard InChI is InChI=1S/C19H18F4N2O/c20-15-4-5-16(13-2-1-3-14(8-13)19(21,22)23)17(9-15)18(26)25-7-6-12(10-24)11-25/h1-5,8-9,12H,6-7,10-11,24H2/t12-/m1/s1. The Balaban J connectivity index is 2.01. The largest absolute Gasteiger partial charge is 0.416 e. The molecule has 0 spiro atoms. The zero-order valence-corrected chi connectivity index (χ0v) is 13.9. The second-order valence-corrected chi connectivity index (χ2v) is 6.41. The molecule has 2 aromatic carbocycles. The maximum atomic E-state index is 13.8. The number of hydrogen-bond acceptors (Lipinski definition) is 2. The first-order chi connectivity index (χ1) is 12.3. The van der Waals surface area contributed by atoms with Gasteiger partial charge in [-0.1, -0.05) is 18.2 Å². The first kappa shape index (κ1) is 18.4. The van der Waals surface area contributed by atoms with Crippen molar-refractivity contribution in [3.05, 3.63) is 59.4 Å². The Labute approximate surface area is 148 Å². The number of benzene rings is 2. The Morgan fingerprint density at radius 1 is 1.19 bits per heavy atom. The molecule has 0 aliphatic carbocycles. The molecule has 3 nitrogen and oxygen atoms in total. The maximum Gasteiger partial charge on any atom is 0.416 e. The van der Waals surface area contributed by atoms with Crippen molar-refractivity contribution in [3.63, 3.8) is 0 Å². The van der Waals surface area contributed by atoms with E-state index in [-0.39, 0.29) is 22.6 Å². The molecule has 1 amide bonds. The number of hydrogen-bond donors (Lipinski definition) is 1. The average Bonchev–Trinajstić information content (AvgIpc) is 3.09. The molecule has 1 aliphatic heterocycles. The van der Waals surface area contributed by atoms with Gasteiger partial charge >= 0.3 is 6.18 Å². The SMILES string of the molecule is NC[C@H]1CCN(C(=O)c2cc(F)ccc2-c2cccc(C(F)(F)F)c2)C1. The highest BCUT2D eigenvalue weighted by molar-refractivity contribution is 6.01. The molecule has 1 saturated heterocycles. The zero-order valence-electron chi connectivity index (χ0n) is 13.9. The third kappa shape index (κ3) is 3.72.